The van der Waals surface area contributed by atoms with Gasteiger partial charge in [0.1, 0.15) is 0 Å². The van der Waals surface area contributed by atoms with E-state index in [0.717, 1.165) is 19.1 Å². The average Bonchev–Trinajstić information content (AvgIpc) is 2.68. The highest BCUT2D eigenvalue weighted by Gasteiger charge is 2.28. The van der Waals surface area contributed by atoms with Crippen molar-refractivity contribution in [2.24, 2.45) is 5.92 Å². The molecule has 1 N–H and O–H groups in total. The number of carbonyl (C=O) groups excluding carboxylic acids is 1. The lowest BCUT2D eigenvalue weighted by atomic mass is 10.0. The van der Waals surface area contributed by atoms with Crippen LogP contribution >= 0.6 is 0 Å². The van der Waals surface area contributed by atoms with E-state index in [-0.39, 0.29) is 9.79 Å². The molecule has 156 valence electrons. The standard InChI is InChI=1S/C20H24N2O5S2/c1-15-4-3-13-22(14-15)29(26,27)19-9-5-16(6-10-19)20(23)21-17-7-11-18(12-8-17)28(2,24)25/h5-12,15H,3-4,13-14H2,1-2H3,(H,21,23). The van der Waals surface area contributed by atoms with Gasteiger partial charge in [-0.2, -0.15) is 4.31 Å². The van der Waals surface area contributed by atoms with Crippen LogP contribution in [-0.4, -0.2) is 46.4 Å². The van der Waals surface area contributed by atoms with Gasteiger partial charge in [0.05, 0.1) is 9.79 Å². The molecule has 2 aromatic rings. The van der Waals surface area contributed by atoms with Gasteiger partial charge in [-0.05, 0) is 67.3 Å². The second-order valence-corrected chi connectivity index (χ2v) is 11.3. The molecule has 1 aliphatic rings. The van der Waals surface area contributed by atoms with Crippen molar-refractivity contribution in [3.63, 3.8) is 0 Å². The number of nitrogens with one attached hydrogen (secondary N) is 1. The Labute approximate surface area is 171 Å². The lowest BCUT2D eigenvalue weighted by Gasteiger charge is -2.30. The molecule has 3 rings (SSSR count). The van der Waals surface area contributed by atoms with Crippen LogP contribution < -0.4 is 5.32 Å². The fourth-order valence-electron chi connectivity index (χ4n) is 3.28. The van der Waals surface area contributed by atoms with Crippen molar-refractivity contribution in [1.82, 2.24) is 4.31 Å². The van der Waals surface area contributed by atoms with Crippen LogP contribution in [0.25, 0.3) is 0 Å². The summed E-state index contributed by atoms with van der Waals surface area (Å²) in [5.41, 5.74) is 0.754. The molecule has 1 unspecified atom stereocenters. The minimum absolute atomic E-state index is 0.164. The number of hydrogen-bond acceptors (Lipinski definition) is 5. The van der Waals surface area contributed by atoms with Crippen molar-refractivity contribution >= 4 is 31.5 Å². The van der Waals surface area contributed by atoms with E-state index in [0.29, 0.717) is 30.3 Å². The number of nitrogens with zero attached hydrogens (tertiary/aromatic N) is 1. The van der Waals surface area contributed by atoms with Gasteiger partial charge in [0.2, 0.25) is 10.0 Å². The Hall–Kier alpha value is -2.23. The number of sulfone groups is 1. The van der Waals surface area contributed by atoms with Crippen LogP contribution in [0.4, 0.5) is 5.69 Å². The molecule has 9 heteroatoms. The fourth-order valence-corrected chi connectivity index (χ4v) is 5.51. The van der Waals surface area contributed by atoms with Crippen LogP contribution in [-0.2, 0) is 19.9 Å². The minimum Gasteiger partial charge on any atom is -0.322 e. The maximum absolute atomic E-state index is 12.8. The molecule has 0 saturated carbocycles. The van der Waals surface area contributed by atoms with Crippen molar-refractivity contribution in [2.75, 3.05) is 24.7 Å². The molecule has 1 amide bonds. The second kappa shape index (κ2) is 8.25. The van der Waals surface area contributed by atoms with Gasteiger partial charge in [-0.15, -0.1) is 0 Å². The zero-order chi connectivity index (χ0) is 21.2. The summed E-state index contributed by atoms with van der Waals surface area (Å²) < 4.78 is 50.1. The lowest BCUT2D eigenvalue weighted by Crippen LogP contribution is -2.39. The highest BCUT2D eigenvalue weighted by atomic mass is 32.2. The first-order valence-corrected chi connectivity index (χ1v) is 12.6. The van der Waals surface area contributed by atoms with E-state index >= 15 is 0 Å². The van der Waals surface area contributed by atoms with E-state index in [1.807, 2.05) is 6.92 Å². The SMILES string of the molecule is CC1CCCN(S(=O)(=O)c2ccc(C(=O)Nc3ccc(S(C)(=O)=O)cc3)cc2)C1. The molecule has 0 spiro atoms. The Kier molecular flexibility index (Phi) is 6.11. The van der Waals surface area contributed by atoms with Gasteiger partial charge >= 0.3 is 0 Å². The van der Waals surface area contributed by atoms with Crippen LogP contribution in [0.15, 0.2) is 58.3 Å². The third kappa shape index (κ3) is 5.04. The summed E-state index contributed by atoms with van der Waals surface area (Å²) in [4.78, 5) is 12.7. The van der Waals surface area contributed by atoms with Crippen molar-refractivity contribution < 1.29 is 21.6 Å². The number of benzene rings is 2. The molecular weight excluding hydrogens is 412 g/mol. The molecule has 0 aromatic heterocycles. The first-order chi connectivity index (χ1) is 13.6. The second-order valence-electron chi connectivity index (χ2n) is 7.39. The number of rotatable bonds is 5. The van der Waals surface area contributed by atoms with Gasteiger partial charge in [0.15, 0.2) is 9.84 Å². The van der Waals surface area contributed by atoms with Gasteiger partial charge in [-0.3, -0.25) is 4.79 Å². The molecule has 0 bridgehead atoms. The molecule has 1 heterocycles. The van der Waals surface area contributed by atoms with E-state index in [1.54, 1.807) is 0 Å². The molecule has 1 aliphatic heterocycles. The molecule has 2 aromatic carbocycles. The van der Waals surface area contributed by atoms with E-state index in [2.05, 4.69) is 5.32 Å². The molecule has 1 saturated heterocycles. The van der Waals surface area contributed by atoms with Crippen molar-refractivity contribution in [3.8, 4) is 0 Å². The summed E-state index contributed by atoms with van der Waals surface area (Å²) in [6.07, 6.45) is 2.98. The maximum atomic E-state index is 12.8. The molecule has 1 fully saturated rings. The first kappa shape index (κ1) is 21.5. The zero-order valence-electron chi connectivity index (χ0n) is 16.3. The van der Waals surface area contributed by atoms with E-state index in [4.69, 9.17) is 0 Å². The molecule has 29 heavy (non-hydrogen) atoms. The molecule has 0 radical (unpaired) electrons. The third-order valence-corrected chi connectivity index (χ3v) is 7.92. The summed E-state index contributed by atoms with van der Waals surface area (Å²) in [6, 6.07) is 11.7. The third-order valence-electron chi connectivity index (χ3n) is 4.91. The summed E-state index contributed by atoms with van der Waals surface area (Å²) >= 11 is 0. The van der Waals surface area contributed by atoms with Crippen LogP contribution in [0.5, 0.6) is 0 Å². The lowest BCUT2D eigenvalue weighted by molar-refractivity contribution is 0.102. The Bertz CT molecular complexity index is 1090. The molecule has 0 aliphatic carbocycles. The monoisotopic (exact) mass is 436 g/mol. The summed E-state index contributed by atoms with van der Waals surface area (Å²) in [5, 5.41) is 2.67. The quantitative estimate of drug-likeness (QED) is 0.777. The van der Waals surface area contributed by atoms with Gasteiger partial charge in [0.25, 0.3) is 5.91 Å². The topological polar surface area (TPSA) is 101 Å². The predicted octanol–water partition coefficient (Wildman–Crippen LogP) is 2.76. The number of hydrogen-bond donors (Lipinski definition) is 1. The minimum atomic E-state index is -3.57. The van der Waals surface area contributed by atoms with Gasteiger partial charge < -0.3 is 5.32 Å². The highest BCUT2D eigenvalue weighted by Crippen LogP contribution is 2.24. The van der Waals surface area contributed by atoms with E-state index in [1.165, 1.54) is 52.8 Å². The average molecular weight is 437 g/mol. The van der Waals surface area contributed by atoms with Crippen LogP contribution in [0.2, 0.25) is 0 Å². The summed E-state index contributed by atoms with van der Waals surface area (Å²) in [7, 11) is -6.88. The predicted molar refractivity (Wildman–Crippen MR) is 111 cm³/mol. The van der Waals surface area contributed by atoms with Gasteiger partial charge in [-0.1, -0.05) is 6.92 Å². The Balaban J connectivity index is 1.72. The summed E-state index contributed by atoms with van der Waals surface area (Å²) in [6.45, 7) is 3.06. The number of anilines is 1. The Morgan fingerprint density at radius 3 is 2.10 bits per heavy atom. The van der Waals surface area contributed by atoms with Crippen LogP contribution in [0.1, 0.15) is 30.1 Å². The van der Waals surface area contributed by atoms with Gasteiger partial charge in [0, 0.05) is 30.6 Å². The van der Waals surface area contributed by atoms with Crippen molar-refractivity contribution in [3.05, 3.63) is 54.1 Å². The van der Waals surface area contributed by atoms with Gasteiger partial charge in [-0.25, -0.2) is 16.8 Å². The van der Waals surface area contributed by atoms with E-state index in [9.17, 15) is 21.6 Å². The normalized spacial score (nSPS) is 18.3. The van der Waals surface area contributed by atoms with Crippen molar-refractivity contribution in [2.45, 2.75) is 29.6 Å². The molecular formula is C20H24N2O5S2. The highest BCUT2D eigenvalue weighted by molar-refractivity contribution is 7.90. The first-order valence-electron chi connectivity index (χ1n) is 9.29. The Morgan fingerprint density at radius 1 is 0.966 bits per heavy atom. The zero-order valence-corrected chi connectivity index (χ0v) is 18.0. The van der Waals surface area contributed by atoms with E-state index < -0.39 is 25.8 Å². The number of amides is 1. The number of piperidine rings is 1. The summed E-state index contributed by atoms with van der Waals surface area (Å²) in [5.74, 6) is -0.0784. The number of carbonyl (C=O) groups is 1. The Morgan fingerprint density at radius 2 is 1.55 bits per heavy atom. The van der Waals surface area contributed by atoms with Crippen molar-refractivity contribution in [1.29, 1.82) is 0 Å². The van der Waals surface area contributed by atoms with Crippen LogP contribution in [0.3, 0.4) is 0 Å². The molecule has 7 nitrogen and oxygen atoms in total. The smallest absolute Gasteiger partial charge is 0.255 e. The number of sulfonamides is 1. The van der Waals surface area contributed by atoms with Crippen LogP contribution in [0, 0.1) is 5.92 Å². The molecule has 1 atom stereocenters. The fraction of sp³-hybridized carbons (Fsp3) is 0.350. The maximum Gasteiger partial charge on any atom is 0.255 e. The largest absolute Gasteiger partial charge is 0.322 e.